The number of hydrogen-bond acceptors (Lipinski definition) is 3. The zero-order chi connectivity index (χ0) is 18.6. The Morgan fingerprint density at radius 3 is 2.30 bits per heavy atom. The number of nitrogens with zero attached hydrogens (tertiary/aromatic N) is 3. The Kier molecular flexibility index (Phi) is 4.96. The van der Waals surface area contributed by atoms with Crippen LogP contribution in [0.2, 0.25) is 5.02 Å². The highest BCUT2D eigenvalue weighted by Crippen LogP contribution is 2.26. The predicted molar refractivity (Wildman–Crippen MR) is 113 cm³/mol. The lowest BCUT2D eigenvalue weighted by molar-refractivity contribution is 0.871. The van der Waals surface area contributed by atoms with Crippen molar-refractivity contribution in [2.75, 3.05) is 0 Å². The van der Waals surface area contributed by atoms with Crippen LogP contribution in [0.1, 0.15) is 5.56 Å². The van der Waals surface area contributed by atoms with Crippen molar-refractivity contribution in [3.05, 3.63) is 94.2 Å². The molecule has 6 heteroatoms. The summed E-state index contributed by atoms with van der Waals surface area (Å²) < 4.78 is 1.98. The van der Waals surface area contributed by atoms with Crippen LogP contribution in [0, 0.1) is 4.77 Å². The van der Waals surface area contributed by atoms with Gasteiger partial charge < -0.3 is 0 Å². The van der Waals surface area contributed by atoms with Gasteiger partial charge >= 0.3 is 0 Å². The van der Waals surface area contributed by atoms with Crippen molar-refractivity contribution in [3.63, 3.8) is 0 Å². The summed E-state index contributed by atoms with van der Waals surface area (Å²) in [4.78, 5) is 0. The predicted octanol–water partition coefficient (Wildman–Crippen LogP) is 5.81. The van der Waals surface area contributed by atoms with E-state index in [4.69, 9.17) is 23.8 Å². The average molecular weight is 391 g/mol. The van der Waals surface area contributed by atoms with Gasteiger partial charge in [-0.25, -0.2) is 5.10 Å². The summed E-state index contributed by atoms with van der Waals surface area (Å²) in [5, 5.41) is 12.1. The third-order valence-corrected chi connectivity index (χ3v) is 4.70. The van der Waals surface area contributed by atoms with Crippen LogP contribution < -0.4 is 0 Å². The van der Waals surface area contributed by atoms with E-state index in [1.165, 1.54) is 5.56 Å². The molecule has 0 aliphatic rings. The first-order valence-electron chi connectivity index (χ1n) is 8.34. The lowest BCUT2D eigenvalue weighted by atomic mass is 10.0. The lowest BCUT2D eigenvalue weighted by Crippen LogP contribution is -1.95. The topological polar surface area (TPSA) is 46.0 Å². The lowest BCUT2D eigenvalue weighted by Gasteiger charge is -2.04. The van der Waals surface area contributed by atoms with Crippen LogP contribution in [0.25, 0.3) is 22.5 Å². The maximum Gasteiger partial charge on any atom is 0.216 e. The fourth-order valence-electron chi connectivity index (χ4n) is 2.73. The minimum atomic E-state index is 0.405. The maximum atomic E-state index is 6.28. The molecule has 3 aromatic carbocycles. The summed E-state index contributed by atoms with van der Waals surface area (Å²) in [5.41, 5.74) is 4.06. The van der Waals surface area contributed by atoms with Crippen molar-refractivity contribution in [3.8, 4) is 22.5 Å². The SMILES string of the molecule is S=c1[nH]nc(-c2ccccc2Cl)n1N=Cc1ccc(-c2ccccc2)cc1. The molecule has 27 heavy (non-hydrogen) atoms. The van der Waals surface area contributed by atoms with E-state index in [1.54, 1.807) is 10.9 Å². The molecule has 0 unspecified atom stereocenters. The largest absolute Gasteiger partial charge is 0.250 e. The van der Waals surface area contributed by atoms with Crippen molar-refractivity contribution >= 4 is 30.0 Å². The number of rotatable bonds is 4. The Labute approximate surface area is 166 Å². The molecule has 0 atom stereocenters. The van der Waals surface area contributed by atoms with E-state index >= 15 is 0 Å². The van der Waals surface area contributed by atoms with Crippen LogP contribution in [-0.4, -0.2) is 21.1 Å². The Morgan fingerprint density at radius 2 is 1.56 bits per heavy atom. The third kappa shape index (κ3) is 3.74. The first-order chi connectivity index (χ1) is 13.2. The standard InChI is InChI=1S/C21H15ClN4S/c22-19-9-5-4-8-18(19)20-24-25-21(27)26(20)23-14-15-10-12-17(13-11-15)16-6-2-1-3-7-16/h1-14H,(H,25,27). The van der Waals surface area contributed by atoms with Crippen molar-refractivity contribution in [1.82, 2.24) is 14.9 Å². The van der Waals surface area contributed by atoms with E-state index in [2.05, 4.69) is 39.6 Å². The fourth-order valence-corrected chi connectivity index (χ4v) is 3.13. The molecule has 1 heterocycles. The van der Waals surface area contributed by atoms with Crippen LogP contribution in [0.5, 0.6) is 0 Å². The van der Waals surface area contributed by atoms with Crippen LogP contribution in [0.15, 0.2) is 84.0 Å². The minimum absolute atomic E-state index is 0.405. The summed E-state index contributed by atoms with van der Waals surface area (Å²) in [6.07, 6.45) is 1.75. The van der Waals surface area contributed by atoms with E-state index in [9.17, 15) is 0 Å². The summed E-state index contributed by atoms with van der Waals surface area (Å²) in [6.45, 7) is 0. The summed E-state index contributed by atoms with van der Waals surface area (Å²) in [5.74, 6) is 0.572. The molecule has 4 nitrogen and oxygen atoms in total. The van der Waals surface area contributed by atoms with E-state index in [0.29, 0.717) is 15.6 Å². The second kappa shape index (κ2) is 7.70. The number of halogens is 1. The molecule has 4 aromatic rings. The number of H-pyrrole nitrogens is 1. The van der Waals surface area contributed by atoms with Gasteiger partial charge in [-0.3, -0.25) is 0 Å². The smallest absolute Gasteiger partial charge is 0.216 e. The molecule has 0 aliphatic carbocycles. The van der Waals surface area contributed by atoms with Crippen LogP contribution in [0.4, 0.5) is 0 Å². The zero-order valence-electron chi connectivity index (χ0n) is 14.2. The first-order valence-corrected chi connectivity index (χ1v) is 9.13. The van der Waals surface area contributed by atoms with Crippen molar-refractivity contribution in [1.29, 1.82) is 0 Å². The van der Waals surface area contributed by atoms with E-state index < -0.39 is 0 Å². The Balaban J connectivity index is 1.64. The molecule has 0 bridgehead atoms. The van der Waals surface area contributed by atoms with Gasteiger partial charge in [0.25, 0.3) is 0 Å². The molecule has 0 fully saturated rings. The molecule has 0 amide bonds. The van der Waals surface area contributed by atoms with Gasteiger partial charge in [0.05, 0.1) is 11.2 Å². The second-order valence-electron chi connectivity index (χ2n) is 5.88. The van der Waals surface area contributed by atoms with Crippen LogP contribution in [-0.2, 0) is 0 Å². The highest BCUT2D eigenvalue weighted by atomic mass is 35.5. The molecule has 0 spiro atoms. The number of benzene rings is 3. The van der Waals surface area contributed by atoms with Crippen LogP contribution in [0.3, 0.4) is 0 Å². The highest BCUT2D eigenvalue weighted by molar-refractivity contribution is 7.71. The monoisotopic (exact) mass is 390 g/mol. The van der Waals surface area contributed by atoms with E-state index in [-0.39, 0.29) is 0 Å². The third-order valence-electron chi connectivity index (χ3n) is 4.11. The van der Waals surface area contributed by atoms with Gasteiger partial charge in [0.1, 0.15) is 0 Å². The molecule has 0 radical (unpaired) electrons. The Bertz CT molecular complexity index is 1140. The quantitative estimate of drug-likeness (QED) is 0.353. The first kappa shape index (κ1) is 17.4. The van der Waals surface area contributed by atoms with Gasteiger partial charge in [0.2, 0.25) is 4.77 Å². The van der Waals surface area contributed by atoms with Crippen molar-refractivity contribution in [2.45, 2.75) is 0 Å². The van der Waals surface area contributed by atoms with Crippen molar-refractivity contribution < 1.29 is 0 Å². The molecule has 1 N–H and O–H groups in total. The molecular formula is C21H15ClN4S. The molecule has 132 valence electrons. The molecule has 0 saturated carbocycles. The summed E-state index contributed by atoms with van der Waals surface area (Å²) >= 11 is 11.6. The summed E-state index contributed by atoms with van der Waals surface area (Å²) in [6, 6.07) is 25.9. The number of nitrogens with one attached hydrogen (secondary N) is 1. The zero-order valence-corrected chi connectivity index (χ0v) is 15.8. The summed E-state index contributed by atoms with van der Waals surface area (Å²) in [7, 11) is 0. The minimum Gasteiger partial charge on any atom is -0.250 e. The highest BCUT2D eigenvalue weighted by Gasteiger charge is 2.11. The van der Waals surface area contributed by atoms with Crippen molar-refractivity contribution in [2.24, 2.45) is 5.10 Å². The fraction of sp³-hybridized carbons (Fsp3) is 0. The molecule has 0 saturated heterocycles. The number of hydrogen-bond donors (Lipinski definition) is 1. The van der Waals surface area contributed by atoms with E-state index in [0.717, 1.165) is 16.7 Å². The second-order valence-corrected chi connectivity index (χ2v) is 6.67. The Hall–Kier alpha value is -3.02. The molecule has 0 aliphatic heterocycles. The van der Waals surface area contributed by atoms with Gasteiger partial charge in [-0.05, 0) is 41.0 Å². The van der Waals surface area contributed by atoms with Crippen LogP contribution >= 0.6 is 23.8 Å². The van der Waals surface area contributed by atoms with Gasteiger partial charge in [-0.1, -0.05) is 78.3 Å². The maximum absolute atomic E-state index is 6.28. The average Bonchev–Trinajstić information content (AvgIpc) is 3.08. The van der Waals surface area contributed by atoms with Gasteiger partial charge in [-0.2, -0.15) is 14.9 Å². The molecule has 1 aromatic heterocycles. The Morgan fingerprint density at radius 1 is 0.889 bits per heavy atom. The van der Waals surface area contributed by atoms with Gasteiger partial charge in [0, 0.05) is 5.56 Å². The normalized spacial score (nSPS) is 11.1. The number of aromatic nitrogens is 3. The molecule has 4 rings (SSSR count). The van der Waals surface area contributed by atoms with Gasteiger partial charge in [0.15, 0.2) is 5.82 Å². The van der Waals surface area contributed by atoms with E-state index in [1.807, 2.05) is 54.6 Å². The molecular weight excluding hydrogens is 376 g/mol. The van der Waals surface area contributed by atoms with Gasteiger partial charge in [-0.15, -0.1) is 0 Å². The number of aromatic amines is 1.